The number of hydrogen-bond donors (Lipinski definition) is 2. The van der Waals surface area contributed by atoms with Gasteiger partial charge in [0.05, 0.1) is 5.39 Å². The summed E-state index contributed by atoms with van der Waals surface area (Å²) in [5.41, 5.74) is 1.52. The molecule has 106 valence electrons. The highest BCUT2D eigenvalue weighted by atomic mass is 16.5. The van der Waals surface area contributed by atoms with Crippen molar-refractivity contribution < 1.29 is 19.2 Å². The standard InChI is InChI=1S/C15H12N2O4/c18-15(19)16-14-12-7-6-11(8-13(12)21-17-14)20-9-10-4-2-1-3-5-10/h1-8H,9H2,(H,16,17)(H,18,19). The van der Waals surface area contributed by atoms with Gasteiger partial charge in [-0.2, -0.15) is 0 Å². The van der Waals surface area contributed by atoms with E-state index in [9.17, 15) is 4.79 Å². The average molecular weight is 284 g/mol. The molecule has 1 aromatic heterocycles. The van der Waals surface area contributed by atoms with Crippen LogP contribution in [0.2, 0.25) is 0 Å². The van der Waals surface area contributed by atoms with Crippen molar-refractivity contribution in [2.24, 2.45) is 0 Å². The summed E-state index contributed by atoms with van der Waals surface area (Å²) in [5, 5.41) is 15.1. The Balaban J connectivity index is 1.77. The normalized spacial score (nSPS) is 10.5. The predicted octanol–water partition coefficient (Wildman–Crippen LogP) is 3.50. The van der Waals surface area contributed by atoms with E-state index in [0.29, 0.717) is 23.3 Å². The van der Waals surface area contributed by atoms with E-state index in [-0.39, 0.29) is 5.82 Å². The second-order valence-corrected chi connectivity index (χ2v) is 4.39. The summed E-state index contributed by atoms with van der Waals surface area (Å²) < 4.78 is 10.8. The van der Waals surface area contributed by atoms with Crippen LogP contribution in [0.3, 0.4) is 0 Å². The third-order valence-electron chi connectivity index (χ3n) is 2.92. The van der Waals surface area contributed by atoms with Crippen LogP contribution in [0, 0.1) is 0 Å². The van der Waals surface area contributed by atoms with E-state index in [0.717, 1.165) is 5.56 Å². The molecule has 6 nitrogen and oxygen atoms in total. The van der Waals surface area contributed by atoms with E-state index in [4.69, 9.17) is 14.4 Å². The first-order valence-corrected chi connectivity index (χ1v) is 6.28. The number of aromatic nitrogens is 1. The number of nitrogens with zero attached hydrogens (tertiary/aromatic N) is 1. The molecular formula is C15H12N2O4. The highest BCUT2D eigenvalue weighted by molar-refractivity contribution is 5.95. The van der Waals surface area contributed by atoms with Gasteiger partial charge in [-0.3, -0.25) is 5.32 Å². The van der Waals surface area contributed by atoms with Gasteiger partial charge in [0.1, 0.15) is 12.4 Å². The Bertz CT molecular complexity index is 768. The molecule has 2 N–H and O–H groups in total. The van der Waals surface area contributed by atoms with Gasteiger partial charge in [-0.1, -0.05) is 35.5 Å². The van der Waals surface area contributed by atoms with Crippen molar-refractivity contribution in [3.63, 3.8) is 0 Å². The summed E-state index contributed by atoms with van der Waals surface area (Å²) in [6.45, 7) is 0.445. The van der Waals surface area contributed by atoms with Crippen LogP contribution in [0.25, 0.3) is 11.0 Å². The average Bonchev–Trinajstić information content (AvgIpc) is 2.88. The summed E-state index contributed by atoms with van der Waals surface area (Å²) in [4.78, 5) is 10.6. The molecule has 21 heavy (non-hydrogen) atoms. The highest BCUT2D eigenvalue weighted by Gasteiger charge is 2.11. The van der Waals surface area contributed by atoms with Crippen molar-refractivity contribution in [2.75, 3.05) is 5.32 Å². The lowest BCUT2D eigenvalue weighted by molar-refractivity contribution is 0.209. The zero-order valence-electron chi connectivity index (χ0n) is 10.9. The first-order chi connectivity index (χ1) is 10.2. The van der Waals surface area contributed by atoms with E-state index in [1.807, 2.05) is 30.3 Å². The Kier molecular flexibility index (Phi) is 3.42. The van der Waals surface area contributed by atoms with Crippen molar-refractivity contribution in [3.8, 4) is 5.75 Å². The maximum absolute atomic E-state index is 10.6. The van der Waals surface area contributed by atoms with Crippen LogP contribution in [-0.2, 0) is 6.61 Å². The van der Waals surface area contributed by atoms with E-state index in [1.165, 1.54) is 0 Å². The van der Waals surface area contributed by atoms with Crippen LogP contribution in [0.4, 0.5) is 10.6 Å². The number of carbonyl (C=O) groups is 1. The minimum absolute atomic E-state index is 0.173. The van der Waals surface area contributed by atoms with Gasteiger partial charge in [-0.15, -0.1) is 0 Å². The number of fused-ring (bicyclic) bond motifs is 1. The van der Waals surface area contributed by atoms with Crippen LogP contribution in [-0.4, -0.2) is 16.4 Å². The lowest BCUT2D eigenvalue weighted by atomic mass is 10.2. The lowest BCUT2D eigenvalue weighted by Gasteiger charge is -2.05. The zero-order valence-corrected chi connectivity index (χ0v) is 10.9. The lowest BCUT2D eigenvalue weighted by Crippen LogP contribution is -2.07. The zero-order chi connectivity index (χ0) is 14.7. The van der Waals surface area contributed by atoms with Gasteiger partial charge >= 0.3 is 6.09 Å². The number of ether oxygens (including phenoxy) is 1. The number of hydrogen-bond acceptors (Lipinski definition) is 4. The minimum Gasteiger partial charge on any atom is -0.489 e. The third-order valence-corrected chi connectivity index (χ3v) is 2.92. The largest absolute Gasteiger partial charge is 0.489 e. The molecular weight excluding hydrogens is 272 g/mol. The van der Waals surface area contributed by atoms with Crippen LogP contribution in [0.5, 0.6) is 5.75 Å². The minimum atomic E-state index is -1.19. The van der Waals surface area contributed by atoms with Gasteiger partial charge < -0.3 is 14.4 Å². The summed E-state index contributed by atoms with van der Waals surface area (Å²) in [6, 6.07) is 14.9. The molecule has 3 aromatic rings. The van der Waals surface area contributed by atoms with E-state index >= 15 is 0 Å². The van der Waals surface area contributed by atoms with Crippen molar-refractivity contribution in [3.05, 3.63) is 54.1 Å². The van der Waals surface area contributed by atoms with Crippen molar-refractivity contribution in [1.82, 2.24) is 5.16 Å². The van der Waals surface area contributed by atoms with Gasteiger partial charge in [0.2, 0.25) is 0 Å². The van der Waals surface area contributed by atoms with Gasteiger partial charge in [-0.05, 0) is 17.7 Å². The summed E-state index contributed by atoms with van der Waals surface area (Å²) in [7, 11) is 0. The maximum Gasteiger partial charge on any atom is 0.410 e. The number of nitrogens with one attached hydrogen (secondary N) is 1. The molecule has 0 spiro atoms. The fourth-order valence-corrected chi connectivity index (χ4v) is 1.94. The third kappa shape index (κ3) is 2.94. The molecule has 0 aliphatic carbocycles. The van der Waals surface area contributed by atoms with Crippen LogP contribution >= 0.6 is 0 Å². The molecule has 0 fully saturated rings. The van der Waals surface area contributed by atoms with E-state index in [1.54, 1.807) is 18.2 Å². The Morgan fingerprint density at radius 3 is 2.81 bits per heavy atom. The Hall–Kier alpha value is -3.02. The van der Waals surface area contributed by atoms with E-state index < -0.39 is 6.09 Å². The number of anilines is 1. The number of benzene rings is 2. The quantitative estimate of drug-likeness (QED) is 0.766. The monoisotopic (exact) mass is 284 g/mol. The van der Waals surface area contributed by atoms with Crippen molar-refractivity contribution in [2.45, 2.75) is 6.61 Å². The second kappa shape index (κ2) is 5.54. The summed E-state index contributed by atoms with van der Waals surface area (Å²) in [6.07, 6.45) is -1.19. The topological polar surface area (TPSA) is 84.6 Å². The molecule has 6 heteroatoms. The van der Waals surface area contributed by atoms with Crippen LogP contribution in [0.15, 0.2) is 53.1 Å². The first kappa shape index (κ1) is 13.0. The molecule has 0 saturated carbocycles. The smallest absolute Gasteiger partial charge is 0.410 e. The van der Waals surface area contributed by atoms with E-state index in [2.05, 4.69) is 10.5 Å². The van der Waals surface area contributed by atoms with Gasteiger partial charge in [-0.25, -0.2) is 4.79 Å². The Labute approximate surface area is 119 Å². The maximum atomic E-state index is 10.6. The Morgan fingerprint density at radius 2 is 2.05 bits per heavy atom. The first-order valence-electron chi connectivity index (χ1n) is 6.28. The Morgan fingerprint density at radius 1 is 1.24 bits per heavy atom. The van der Waals surface area contributed by atoms with Gasteiger partial charge in [0, 0.05) is 6.07 Å². The fraction of sp³-hybridized carbons (Fsp3) is 0.0667. The summed E-state index contributed by atoms with van der Waals surface area (Å²) in [5.74, 6) is 0.802. The molecule has 1 amide bonds. The van der Waals surface area contributed by atoms with Crippen LogP contribution < -0.4 is 10.1 Å². The summed E-state index contributed by atoms with van der Waals surface area (Å²) >= 11 is 0. The number of rotatable bonds is 4. The molecule has 1 heterocycles. The number of carboxylic acid groups (broad SMARTS) is 1. The SMILES string of the molecule is O=C(O)Nc1noc2cc(OCc3ccccc3)ccc12. The van der Waals surface area contributed by atoms with Gasteiger partial charge in [0.15, 0.2) is 11.4 Å². The second-order valence-electron chi connectivity index (χ2n) is 4.39. The molecule has 0 radical (unpaired) electrons. The molecule has 0 unspecified atom stereocenters. The van der Waals surface area contributed by atoms with Gasteiger partial charge in [0.25, 0.3) is 0 Å². The molecule has 0 saturated heterocycles. The molecule has 0 aliphatic heterocycles. The molecule has 0 aliphatic rings. The highest BCUT2D eigenvalue weighted by Crippen LogP contribution is 2.27. The molecule has 0 bridgehead atoms. The van der Waals surface area contributed by atoms with Crippen molar-refractivity contribution >= 4 is 22.9 Å². The molecule has 2 aromatic carbocycles. The molecule has 3 rings (SSSR count). The van der Waals surface area contributed by atoms with Crippen LogP contribution in [0.1, 0.15) is 5.56 Å². The van der Waals surface area contributed by atoms with Crippen molar-refractivity contribution in [1.29, 1.82) is 0 Å². The predicted molar refractivity (Wildman–Crippen MR) is 76.4 cm³/mol. The number of amides is 1. The fourth-order valence-electron chi connectivity index (χ4n) is 1.94. The molecule has 0 atom stereocenters.